The van der Waals surface area contributed by atoms with Crippen LogP contribution >= 0.6 is 0 Å². The molecule has 1 saturated heterocycles. The average Bonchev–Trinajstić information content (AvgIpc) is 2.69. The number of amides is 1. The second kappa shape index (κ2) is 7.07. The van der Waals surface area contributed by atoms with Gasteiger partial charge in [-0.25, -0.2) is 4.98 Å². The van der Waals surface area contributed by atoms with Gasteiger partial charge >= 0.3 is 0 Å². The number of carbonyl (C=O) groups is 1. The Morgan fingerprint density at radius 1 is 1.04 bits per heavy atom. The van der Waals surface area contributed by atoms with Crippen molar-refractivity contribution in [2.24, 2.45) is 0 Å². The van der Waals surface area contributed by atoms with Gasteiger partial charge in [0.15, 0.2) is 0 Å². The molecule has 1 amide bonds. The Labute approximate surface area is 151 Å². The third kappa shape index (κ3) is 3.49. The molecule has 0 unspecified atom stereocenters. The van der Waals surface area contributed by atoms with Gasteiger partial charge in [-0.15, -0.1) is 0 Å². The average molecular weight is 348 g/mol. The van der Waals surface area contributed by atoms with Crippen LogP contribution in [-0.4, -0.2) is 45.0 Å². The number of fused-ring (bicyclic) bond motifs is 1. The molecule has 6 nitrogen and oxygen atoms in total. The van der Waals surface area contributed by atoms with Crippen molar-refractivity contribution in [3.63, 3.8) is 0 Å². The van der Waals surface area contributed by atoms with Crippen molar-refractivity contribution < 1.29 is 9.53 Å². The molecular formula is C20H20N4O2. The standard InChI is InChI=1S/C20H20N4O2/c1-14-6-7-16(12-21-14)26-15-8-10-24(11-9-15)20(25)19-13-22-17-4-2-3-5-18(17)23-19/h2-7,12-13,15H,8-11H2,1H3. The van der Waals surface area contributed by atoms with E-state index in [9.17, 15) is 4.79 Å². The summed E-state index contributed by atoms with van der Waals surface area (Å²) in [6.07, 6.45) is 5.00. The van der Waals surface area contributed by atoms with E-state index >= 15 is 0 Å². The molecule has 1 aliphatic rings. The first-order chi connectivity index (χ1) is 12.7. The molecule has 1 aliphatic heterocycles. The number of rotatable bonds is 3. The highest BCUT2D eigenvalue weighted by atomic mass is 16.5. The quantitative estimate of drug-likeness (QED) is 0.728. The molecule has 0 aliphatic carbocycles. The lowest BCUT2D eigenvalue weighted by atomic mass is 10.1. The van der Waals surface area contributed by atoms with Gasteiger partial charge < -0.3 is 9.64 Å². The van der Waals surface area contributed by atoms with Crippen LogP contribution in [0, 0.1) is 6.92 Å². The number of para-hydroxylation sites is 2. The molecule has 0 radical (unpaired) electrons. The number of piperidine rings is 1. The summed E-state index contributed by atoms with van der Waals surface area (Å²) in [5.41, 5.74) is 2.89. The maximum Gasteiger partial charge on any atom is 0.274 e. The Kier molecular flexibility index (Phi) is 4.48. The zero-order valence-corrected chi connectivity index (χ0v) is 14.6. The second-order valence-corrected chi connectivity index (χ2v) is 6.49. The third-order valence-corrected chi connectivity index (χ3v) is 4.58. The summed E-state index contributed by atoms with van der Waals surface area (Å²) in [6, 6.07) is 11.4. The number of hydrogen-bond acceptors (Lipinski definition) is 5. The minimum atomic E-state index is -0.0706. The highest BCUT2D eigenvalue weighted by Crippen LogP contribution is 2.20. The van der Waals surface area contributed by atoms with E-state index in [0.717, 1.165) is 35.3 Å². The summed E-state index contributed by atoms with van der Waals surface area (Å²) in [5, 5.41) is 0. The fourth-order valence-corrected chi connectivity index (χ4v) is 3.12. The summed E-state index contributed by atoms with van der Waals surface area (Å²) in [4.78, 5) is 27.6. The number of hydrogen-bond donors (Lipinski definition) is 0. The molecule has 0 bridgehead atoms. The molecule has 3 aromatic rings. The topological polar surface area (TPSA) is 68.2 Å². The molecule has 0 atom stereocenters. The number of pyridine rings is 1. The molecule has 1 aromatic carbocycles. The minimum Gasteiger partial charge on any atom is -0.489 e. The number of aromatic nitrogens is 3. The van der Waals surface area contributed by atoms with Gasteiger partial charge in [0.1, 0.15) is 17.5 Å². The van der Waals surface area contributed by atoms with Crippen LogP contribution in [0.25, 0.3) is 11.0 Å². The maximum atomic E-state index is 12.7. The number of ether oxygens (including phenoxy) is 1. The SMILES string of the molecule is Cc1ccc(OC2CCN(C(=O)c3cnc4ccccc4n3)CC2)cn1. The summed E-state index contributed by atoms with van der Waals surface area (Å²) in [7, 11) is 0. The highest BCUT2D eigenvalue weighted by molar-refractivity contribution is 5.93. The van der Waals surface area contributed by atoms with Crippen LogP contribution in [0.2, 0.25) is 0 Å². The van der Waals surface area contributed by atoms with E-state index in [1.54, 1.807) is 12.4 Å². The first kappa shape index (κ1) is 16.4. The number of aryl methyl sites for hydroxylation is 1. The molecule has 0 spiro atoms. The smallest absolute Gasteiger partial charge is 0.274 e. The molecular weight excluding hydrogens is 328 g/mol. The number of nitrogens with zero attached hydrogens (tertiary/aromatic N) is 4. The van der Waals surface area contributed by atoms with Crippen LogP contribution in [0.5, 0.6) is 5.75 Å². The Bertz CT molecular complexity index is 919. The fourth-order valence-electron chi connectivity index (χ4n) is 3.12. The molecule has 132 valence electrons. The van der Waals surface area contributed by atoms with Crippen molar-refractivity contribution in [1.82, 2.24) is 19.9 Å². The Morgan fingerprint density at radius 2 is 1.81 bits per heavy atom. The lowest BCUT2D eigenvalue weighted by Gasteiger charge is -2.31. The van der Waals surface area contributed by atoms with Crippen molar-refractivity contribution in [1.29, 1.82) is 0 Å². The lowest BCUT2D eigenvalue weighted by Crippen LogP contribution is -2.42. The van der Waals surface area contributed by atoms with E-state index in [1.165, 1.54) is 0 Å². The second-order valence-electron chi connectivity index (χ2n) is 6.49. The molecule has 2 aromatic heterocycles. The molecule has 6 heteroatoms. The van der Waals surface area contributed by atoms with Crippen LogP contribution in [0.3, 0.4) is 0 Å². The zero-order chi connectivity index (χ0) is 17.9. The van der Waals surface area contributed by atoms with Crippen molar-refractivity contribution >= 4 is 16.9 Å². The Morgan fingerprint density at radius 3 is 2.54 bits per heavy atom. The molecule has 3 heterocycles. The predicted molar refractivity (Wildman–Crippen MR) is 98.1 cm³/mol. The first-order valence-electron chi connectivity index (χ1n) is 8.79. The molecule has 4 rings (SSSR count). The molecule has 0 saturated carbocycles. The predicted octanol–water partition coefficient (Wildman–Crippen LogP) is 3.02. The molecule has 26 heavy (non-hydrogen) atoms. The van der Waals surface area contributed by atoms with Gasteiger partial charge in [-0.2, -0.15) is 0 Å². The molecule has 1 fully saturated rings. The van der Waals surface area contributed by atoms with Gasteiger partial charge in [-0.3, -0.25) is 14.8 Å². The molecule has 0 N–H and O–H groups in total. The van der Waals surface area contributed by atoms with E-state index in [-0.39, 0.29) is 12.0 Å². The van der Waals surface area contributed by atoms with Crippen LogP contribution in [0.15, 0.2) is 48.8 Å². The third-order valence-electron chi connectivity index (χ3n) is 4.58. The van der Waals surface area contributed by atoms with Crippen LogP contribution in [0.1, 0.15) is 29.0 Å². The van der Waals surface area contributed by atoms with Gasteiger partial charge in [0.05, 0.1) is 23.4 Å². The lowest BCUT2D eigenvalue weighted by molar-refractivity contribution is 0.0589. The Balaban J connectivity index is 1.38. The summed E-state index contributed by atoms with van der Waals surface area (Å²) in [5.74, 6) is 0.708. The van der Waals surface area contributed by atoms with Crippen molar-refractivity contribution in [2.75, 3.05) is 13.1 Å². The monoisotopic (exact) mass is 348 g/mol. The zero-order valence-electron chi connectivity index (χ0n) is 14.6. The van der Waals surface area contributed by atoms with Gasteiger partial charge in [0.25, 0.3) is 5.91 Å². The first-order valence-corrected chi connectivity index (χ1v) is 8.79. The van der Waals surface area contributed by atoms with E-state index in [2.05, 4.69) is 15.0 Å². The van der Waals surface area contributed by atoms with Gasteiger partial charge in [-0.05, 0) is 31.2 Å². The van der Waals surface area contributed by atoms with Gasteiger partial charge in [0.2, 0.25) is 0 Å². The van der Waals surface area contributed by atoms with Gasteiger partial charge in [-0.1, -0.05) is 12.1 Å². The largest absolute Gasteiger partial charge is 0.489 e. The fraction of sp³-hybridized carbons (Fsp3) is 0.300. The van der Waals surface area contributed by atoms with E-state index in [1.807, 2.05) is 48.2 Å². The van der Waals surface area contributed by atoms with Crippen molar-refractivity contribution in [2.45, 2.75) is 25.9 Å². The summed E-state index contributed by atoms with van der Waals surface area (Å²) >= 11 is 0. The van der Waals surface area contributed by atoms with Crippen LogP contribution < -0.4 is 4.74 Å². The summed E-state index contributed by atoms with van der Waals surface area (Å²) in [6.45, 7) is 3.25. The van der Waals surface area contributed by atoms with Crippen molar-refractivity contribution in [3.8, 4) is 5.75 Å². The number of carbonyl (C=O) groups excluding carboxylic acids is 1. The van der Waals surface area contributed by atoms with E-state index in [4.69, 9.17) is 4.74 Å². The van der Waals surface area contributed by atoms with Crippen LogP contribution in [0.4, 0.5) is 0 Å². The summed E-state index contributed by atoms with van der Waals surface area (Å²) < 4.78 is 5.97. The van der Waals surface area contributed by atoms with Gasteiger partial charge in [0, 0.05) is 31.6 Å². The Hall–Kier alpha value is -3.02. The number of benzene rings is 1. The number of likely N-dealkylation sites (tertiary alicyclic amines) is 1. The normalized spacial score (nSPS) is 15.2. The van der Waals surface area contributed by atoms with Crippen molar-refractivity contribution in [3.05, 3.63) is 60.2 Å². The maximum absolute atomic E-state index is 12.7. The van der Waals surface area contributed by atoms with E-state index < -0.39 is 0 Å². The van der Waals surface area contributed by atoms with Crippen LogP contribution in [-0.2, 0) is 0 Å². The minimum absolute atomic E-state index is 0.0706. The van der Waals surface area contributed by atoms with E-state index in [0.29, 0.717) is 18.8 Å². The highest BCUT2D eigenvalue weighted by Gasteiger charge is 2.25.